The summed E-state index contributed by atoms with van der Waals surface area (Å²) in [4.78, 5) is 13.5. The fourth-order valence-corrected chi connectivity index (χ4v) is 5.79. The van der Waals surface area contributed by atoms with Crippen LogP contribution in [0.2, 0.25) is 0 Å². The van der Waals surface area contributed by atoms with Crippen LogP contribution < -0.4 is 0 Å². The standard InChI is InChI=1S/C13H18N2O3S2/c1-14-11(16)4-5-13(14)6-8-15(9-7-13)20(17,18)12-3-2-10-19-12/h2-3,10H,4-9H2,1H3. The number of amides is 1. The van der Waals surface area contributed by atoms with Gasteiger partial charge in [-0.2, -0.15) is 4.31 Å². The van der Waals surface area contributed by atoms with E-state index in [1.54, 1.807) is 21.8 Å². The van der Waals surface area contributed by atoms with Gasteiger partial charge in [-0.3, -0.25) is 4.79 Å². The Balaban J connectivity index is 1.75. The number of hydrogen-bond donors (Lipinski definition) is 0. The Bertz CT molecular complexity index is 602. The number of hydrogen-bond acceptors (Lipinski definition) is 4. The molecule has 7 heteroatoms. The Morgan fingerprint density at radius 3 is 2.45 bits per heavy atom. The zero-order chi connectivity index (χ0) is 14.4. The van der Waals surface area contributed by atoms with Gasteiger partial charge in [0.25, 0.3) is 10.0 Å². The Kier molecular flexibility index (Phi) is 3.38. The third-order valence-electron chi connectivity index (χ3n) is 4.63. The first-order valence-corrected chi connectivity index (χ1v) is 9.08. The second-order valence-corrected chi connectivity index (χ2v) is 8.63. The topological polar surface area (TPSA) is 57.7 Å². The van der Waals surface area contributed by atoms with E-state index in [1.165, 1.54) is 11.3 Å². The third-order valence-corrected chi connectivity index (χ3v) is 7.90. The molecule has 1 amide bonds. The highest BCUT2D eigenvalue weighted by molar-refractivity contribution is 7.91. The summed E-state index contributed by atoms with van der Waals surface area (Å²) in [6, 6.07) is 3.40. The number of rotatable bonds is 2. The van der Waals surface area contributed by atoms with E-state index in [4.69, 9.17) is 0 Å². The van der Waals surface area contributed by atoms with Crippen LogP contribution >= 0.6 is 11.3 Å². The smallest absolute Gasteiger partial charge is 0.252 e. The summed E-state index contributed by atoms with van der Waals surface area (Å²) in [7, 11) is -1.50. The van der Waals surface area contributed by atoms with Crippen LogP contribution in [0.3, 0.4) is 0 Å². The van der Waals surface area contributed by atoms with E-state index in [0.29, 0.717) is 23.7 Å². The summed E-state index contributed by atoms with van der Waals surface area (Å²) in [6.07, 6.45) is 2.92. The summed E-state index contributed by atoms with van der Waals surface area (Å²) in [6.45, 7) is 0.996. The molecule has 1 aromatic rings. The summed E-state index contributed by atoms with van der Waals surface area (Å²) < 4.78 is 26.9. The zero-order valence-electron chi connectivity index (χ0n) is 11.4. The highest BCUT2D eigenvalue weighted by Crippen LogP contribution is 2.39. The van der Waals surface area contributed by atoms with Crippen molar-refractivity contribution in [3.63, 3.8) is 0 Å². The zero-order valence-corrected chi connectivity index (χ0v) is 13.0. The minimum atomic E-state index is -3.35. The van der Waals surface area contributed by atoms with Gasteiger partial charge in [0.1, 0.15) is 4.21 Å². The summed E-state index contributed by atoms with van der Waals surface area (Å²) >= 11 is 1.25. The van der Waals surface area contributed by atoms with Crippen LogP contribution in [0.25, 0.3) is 0 Å². The normalized spacial score (nSPS) is 23.6. The maximum absolute atomic E-state index is 12.5. The van der Waals surface area contributed by atoms with Gasteiger partial charge in [-0.15, -0.1) is 11.3 Å². The highest BCUT2D eigenvalue weighted by atomic mass is 32.2. The minimum absolute atomic E-state index is 0.113. The fraction of sp³-hybridized carbons (Fsp3) is 0.615. The van der Waals surface area contributed by atoms with Crippen molar-refractivity contribution in [3.05, 3.63) is 17.5 Å². The van der Waals surface area contributed by atoms with Crippen LogP contribution in [0, 0.1) is 0 Å². The quantitative estimate of drug-likeness (QED) is 0.832. The molecule has 0 aliphatic carbocycles. The second-order valence-electron chi connectivity index (χ2n) is 5.51. The maximum Gasteiger partial charge on any atom is 0.252 e. The minimum Gasteiger partial charge on any atom is -0.340 e. The Morgan fingerprint density at radius 2 is 1.95 bits per heavy atom. The number of thiophene rings is 1. The second kappa shape index (κ2) is 4.82. The molecule has 1 aromatic heterocycles. The molecule has 0 bridgehead atoms. The van der Waals surface area contributed by atoms with Gasteiger partial charge in [0.05, 0.1) is 0 Å². The van der Waals surface area contributed by atoms with Crippen molar-refractivity contribution in [1.82, 2.24) is 9.21 Å². The molecule has 2 fully saturated rings. The number of carbonyl (C=O) groups is 1. The molecular weight excluding hydrogens is 296 g/mol. The molecule has 0 aromatic carbocycles. The summed E-state index contributed by atoms with van der Waals surface area (Å²) in [5.74, 6) is 0.180. The molecule has 3 heterocycles. The number of sulfonamides is 1. The van der Waals surface area contributed by atoms with Crippen LogP contribution in [-0.2, 0) is 14.8 Å². The average molecular weight is 314 g/mol. The molecule has 2 saturated heterocycles. The number of carbonyl (C=O) groups excluding carboxylic acids is 1. The van der Waals surface area contributed by atoms with Gasteiger partial charge in [-0.05, 0) is 30.7 Å². The lowest BCUT2D eigenvalue weighted by molar-refractivity contribution is -0.130. The number of likely N-dealkylation sites (tertiary alicyclic amines) is 1. The van der Waals surface area contributed by atoms with Crippen LogP contribution in [0.1, 0.15) is 25.7 Å². The van der Waals surface area contributed by atoms with Gasteiger partial charge >= 0.3 is 0 Å². The molecule has 110 valence electrons. The van der Waals surface area contributed by atoms with E-state index in [1.807, 2.05) is 11.9 Å². The fourth-order valence-electron chi connectivity index (χ4n) is 3.21. The van der Waals surface area contributed by atoms with Crippen molar-refractivity contribution in [1.29, 1.82) is 0 Å². The molecule has 0 radical (unpaired) electrons. The lowest BCUT2D eigenvalue weighted by atomic mass is 9.86. The van der Waals surface area contributed by atoms with Crippen molar-refractivity contribution in [2.45, 2.75) is 35.4 Å². The largest absolute Gasteiger partial charge is 0.340 e. The van der Waals surface area contributed by atoms with E-state index in [0.717, 1.165) is 19.3 Å². The molecule has 2 aliphatic heterocycles. The first kappa shape index (κ1) is 14.0. The first-order valence-electron chi connectivity index (χ1n) is 6.76. The van der Waals surface area contributed by atoms with Crippen molar-refractivity contribution in [2.24, 2.45) is 0 Å². The van der Waals surface area contributed by atoms with Gasteiger partial charge in [-0.1, -0.05) is 6.07 Å². The Morgan fingerprint density at radius 1 is 1.25 bits per heavy atom. The highest BCUT2D eigenvalue weighted by Gasteiger charge is 2.46. The lowest BCUT2D eigenvalue weighted by Gasteiger charge is -2.42. The summed E-state index contributed by atoms with van der Waals surface area (Å²) in [5, 5.41) is 1.78. The third kappa shape index (κ3) is 2.08. The van der Waals surface area contributed by atoms with Gasteiger partial charge < -0.3 is 4.90 Å². The van der Waals surface area contributed by atoms with E-state index in [-0.39, 0.29) is 11.4 Å². The SMILES string of the molecule is CN1C(=O)CCC12CCN(S(=O)(=O)c1cccs1)CC2. The molecule has 0 atom stereocenters. The predicted octanol–water partition coefficient (Wildman–Crippen LogP) is 1.52. The van der Waals surface area contributed by atoms with Crippen LogP contribution in [0.15, 0.2) is 21.7 Å². The molecule has 0 unspecified atom stereocenters. The predicted molar refractivity (Wildman–Crippen MR) is 77.0 cm³/mol. The van der Waals surface area contributed by atoms with E-state index < -0.39 is 10.0 Å². The van der Waals surface area contributed by atoms with Gasteiger partial charge in [0.15, 0.2) is 0 Å². The Hall–Kier alpha value is -0.920. The van der Waals surface area contributed by atoms with E-state index in [9.17, 15) is 13.2 Å². The van der Waals surface area contributed by atoms with Gasteiger partial charge in [0.2, 0.25) is 5.91 Å². The molecule has 3 rings (SSSR count). The maximum atomic E-state index is 12.5. The van der Waals surface area contributed by atoms with Crippen molar-refractivity contribution < 1.29 is 13.2 Å². The average Bonchev–Trinajstić information content (AvgIpc) is 3.06. The van der Waals surface area contributed by atoms with Crippen LogP contribution in [0.5, 0.6) is 0 Å². The van der Waals surface area contributed by atoms with Crippen LogP contribution in [-0.4, -0.2) is 49.2 Å². The molecule has 0 saturated carbocycles. The molecule has 20 heavy (non-hydrogen) atoms. The van der Waals surface area contributed by atoms with Crippen LogP contribution in [0.4, 0.5) is 0 Å². The summed E-state index contributed by atoms with van der Waals surface area (Å²) in [5.41, 5.74) is -0.113. The molecular formula is C13H18N2O3S2. The molecule has 0 N–H and O–H groups in total. The van der Waals surface area contributed by atoms with E-state index in [2.05, 4.69) is 0 Å². The Labute approximate surface area is 123 Å². The number of nitrogens with zero attached hydrogens (tertiary/aromatic N) is 2. The van der Waals surface area contributed by atoms with Crippen molar-refractivity contribution in [2.75, 3.05) is 20.1 Å². The van der Waals surface area contributed by atoms with Gasteiger partial charge in [0, 0.05) is 32.1 Å². The monoisotopic (exact) mass is 314 g/mol. The first-order chi connectivity index (χ1) is 9.46. The van der Waals surface area contributed by atoms with E-state index >= 15 is 0 Å². The molecule has 5 nitrogen and oxygen atoms in total. The molecule has 1 spiro atoms. The van der Waals surface area contributed by atoms with Gasteiger partial charge in [-0.25, -0.2) is 8.42 Å². The van der Waals surface area contributed by atoms with Crippen molar-refractivity contribution in [3.8, 4) is 0 Å². The number of piperidine rings is 1. The molecule has 2 aliphatic rings. The lowest BCUT2D eigenvalue weighted by Crippen LogP contribution is -2.52. The van der Waals surface area contributed by atoms with Crippen molar-refractivity contribution >= 4 is 27.3 Å².